The summed E-state index contributed by atoms with van der Waals surface area (Å²) in [4.78, 5) is 53.5. The first-order valence-electron chi connectivity index (χ1n) is 19.1. The lowest BCUT2D eigenvalue weighted by molar-refractivity contribution is -0.0174. The predicted octanol–water partition coefficient (Wildman–Crippen LogP) is 8.19. The second-order valence-electron chi connectivity index (χ2n) is 14.2. The molecule has 1 heterocycles. The largest absolute Gasteiger partial charge is 0.506 e. The van der Waals surface area contributed by atoms with Gasteiger partial charge >= 0.3 is 0 Å². The molecular formula is C41H58N2O7. The van der Waals surface area contributed by atoms with E-state index >= 15 is 0 Å². The number of rotatable bonds is 24. The smallest absolute Gasteiger partial charge is 0.265 e. The van der Waals surface area contributed by atoms with Crippen LogP contribution in [-0.4, -0.2) is 35.6 Å². The van der Waals surface area contributed by atoms with Gasteiger partial charge in [0.25, 0.3) is 11.1 Å². The number of aromatic nitrogens is 1. The van der Waals surface area contributed by atoms with E-state index in [9.17, 15) is 24.3 Å². The van der Waals surface area contributed by atoms with Crippen LogP contribution in [0.5, 0.6) is 5.75 Å². The zero-order valence-electron chi connectivity index (χ0n) is 30.5. The van der Waals surface area contributed by atoms with Crippen molar-refractivity contribution in [2.75, 3.05) is 25.6 Å². The Bertz CT molecular complexity index is 1780. The van der Waals surface area contributed by atoms with Crippen molar-refractivity contribution in [1.82, 2.24) is 4.57 Å². The molecule has 0 aliphatic carbocycles. The van der Waals surface area contributed by atoms with Gasteiger partial charge < -0.3 is 20.3 Å². The highest BCUT2D eigenvalue weighted by atomic mass is 16.5. The highest BCUT2D eigenvalue weighted by Crippen LogP contribution is 2.34. The lowest BCUT2D eigenvalue weighted by atomic mass is 9.97. The minimum absolute atomic E-state index is 0.0405. The molecule has 9 nitrogen and oxygen atoms in total. The number of fused-ring (bicyclic) bond motifs is 3. The number of hydrogen-bond acceptors (Lipinski definition) is 8. The molecule has 274 valence electrons. The Morgan fingerprint density at radius 2 is 1.10 bits per heavy atom. The summed E-state index contributed by atoms with van der Waals surface area (Å²) >= 11 is 0. The number of hydrogen-bond donors (Lipinski definition) is 2. The number of nitrogens with zero attached hydrogens (tertiary/aromatic N) is 1. The third kappa shape index (κ3) is 9.60. The van der Waals surface area contributed by atoms with E-state index in [0.717, 1.165) is 17.4 Å². The van der Waals surface area contributed by atoms with Gasteiger partial charge in [0.15, 0.2) is 10.9 Å². The zero-order chi connectivity index (χ0) is 36.0. The van der Waals surface area contributed by atoms with E-state index in [1.54, 1.807) is 19.1 Å². The van der Waals surface area contributed by atoms with Gasteiger partial charge in [0.1, 0.15) is 5.75 Å². The summed E-state index contributed by atoms with van der Waals surface area (Å²) in [6.45, 7) is 6.89. The molecule has 0 saturated heterocycles. The molecule has 0 bridgehead atoms. The third-order valence-electron chi connectivity index (χ3n) is 10.1. The molecule has 4 rings (SSSR count). The number of phenolic OH excluding ortho intramolecular Hbond substituents is 1. The average Bonchev–Trinajstić information content (AvgIpc) is 3.38. The maximum atomic E-state index is 13.5. The number of phenols is 1. The molecule has 2 atom stereocenters. The fourth-order valence-corrected chi connectivity index (χ4v) is 7.13. The molecule has 3 aromatic carbocycles. The van der Waals surface area contributed by atoms with E-state index in [2.05, 4.69) is 6.92 Å². The van der Waals surface area contributed by atoms with Gasteiger partial charge in [0, 0.05) is 17.4 Å². The Balaban J connectivity index is 1.15. The van der Waals surface area contributed by atoms with Gasteiger partial charge in [0.05, 0.1) is 52.6 Å². The number of nitrogens with two attached hydrogens (primary N) is 1. The predicted molar refractivity (Wildman–Crippen MR) is 206 cm³/mol. The molecular weight excluding hydrogens is 632 g/mol. The molecule has 0 amide bonds. The quantitative estimate of drug-likeness (QED) is 0.0325. The lowest BCUT2D eigenvalue weighted by Crippen LogP contribution is -2.32. The number of anilines is 1. The Morgan fingerprint density at radius 3 is 1.62 bits per heavy atom. The summed E-state index contributed by atoms with van der Waals surface area (Å²) in [5.41, 5.74) is 3.30. The fourth-order valence-electron chi connectivity index (χ4n) is 7.13. The van der Waals surface area contributed by atoms with E-state index in [-0.39, 0.29) is 50.7 Å². The van der Waals surface area contributed by atoms with Crippen LogP contribution in [0, 0.1) is 0 Å². The molecule has 3 N–H and O–H groups in total. The van der Waals surface area contributed by atoms with Crippen LogP contribution in [0.4, 0.5) is 5.69 Å². The Kier molecular flexibility index (Phi) is 15.5. The van der Waals surface area contributed by atoms with Gasteiger partial charge in [-0.1, -0.05) is 134 Å². The molecule has 0 aliphatic heterocycles. The van der Waals surface area contributed by atoms with Crippen LogP contribution in [0.1, 0.15) is 136 Å². The molecule has 0 spiro atoms. The number of unbranched alkanes of at least 4 members (excludes halogenated alkanes) is 16. The Labute approximate surface area is 295 Å². The topological polar surface area (TPSA) is 138 Å². The number of benzene rings is 3. The minimum atomic E-state index is -0.782. The first kappa shape index (κ1) is 39.2. The monoisotopic (exact) mass is 690 g/mol. The van der Waals surface area contributed by atoms with Crippen molar-refractivity contribution in [1.29, 1.82) is 0 Å². The van der Waals surface area contributed by atoms with Crippen molar-refractivity contribution in [2.24, 2.45) is 0 Å². The molecule has 0 fully saturated rings. The van der Waals surface area contributed by atoms with Crippen LogP contribution in [0.2, 0.25) is 0 Å². The van der Waals surface area contributed by atoms with E-state index < -0.39 is 33.8 Å². The van der Waals surface area contributed by atoms with Gasteiger partial charge in [-0.05, 0) is 20.3 Å². The van der Waals surface area contributed by atoms with Gasteiger partial charge in [-0.3, -0.25) is 23.7 Å². The van der Waals surface area contributed by atoms with Crippen molar-refractivity contribution >= 4 is 38.0 Å². The maximum absolute atomic E-state index is 13.5. The molecule has 1 aromatic heterocycles. The molecule has 50 heavy (non-hydrogen) atoms. The molecule has 0 aliphatic rings. The van der Waals surface area contributed by atoms with E-state index in [1.807, 2.05) is 6.92 Å². The van der Waals surface area contributed by atoms with Gasteiger partial charge in [-0.2, -0.15) is 0 Å². The Morgan fingerprint density at radius 1 is 0.640 bits per heavy atom. The van der Waals surface area contributed by atoms with Crippen LogP contribution in [0.15, 0.2) is 43.4 Å². The maximum Gasteiger partial charge on any atom is 0.265 e. The number of aromatic hydroxyl groups is 1. The molecule has 0 radical (unpaired) electrons. The second kappa shape index (κ2) is 19.7. The van der Waals surface area contributed by atoms with Crippen LogP contribution in [0.3, 0.4) is 0 Å². The highest BCUT2D eigenvalue weighted by Gasteiger charge is 2.28. The van der Waals surface area contributed by atoms with Gasteiger partial charge in [0.2, 0.25) is 0 Å². The molecule has 4 aromatic rings. The fraction of sp³-hybridized carbons (Fsp3) is 0.610. The average molecular weight is 691 g/mol. The van der Waals surface area contributed by atoms with Crippen LogP contribution in [0.25, 0.3) is 32.3 Å². The van der Waals surface area contributed by atoms with Crippen molar-refractivity contribution < 1.29 is 14.6 Å². The SMILES string of the molecule is CCCCCCCCCCCCCCCCCCCOCC(C)OCC(C)n1c(=O)c2c(N)c3c(=O)c4ccccc4c(=O)c3c(O)c2c1=O. The number of nitrogen functional groups attached to an aromatic ring is 1. The van der Waals surface area contributed by atoms with E-state index in [0.29, 0.717) is 13.2 Å². The van der Waals surface area contributed by atoms with Crippen LogP contribution >= 0.6 is 0 Å². The summed E-state index contributed by atoms with van der Waals surface area (Å²) in [5.74, 6) is -0.697. The van der Waals surface area contributed by atoms with Crippen molar-refractivity contribution in [3.8, 4) is 5.75 Å². The summed E-state index contributed by atoms with van der Waals surface area (Å²) < 4.78 is 12.7. The van der Waals surface area contributed by atoms with Crippen LogP contribution in [-0.2, 0) is 9.47 Å². The van der Waals surface area contributed by atoms with Crippen LogP contribution < -0.4 is 27.7 Å². The van der Waals surface area contributed by atoms with Crippen molar-refractivity contribution in [3.63, 3.8) is 0 Å². The summed E-state index contributed by atoms with van der Waals surface area (Å²) in [5, 5.41) is 10.1. The molecule has 0 saturated carbocycles. The van der Waals surface area contributed by atoms with Gasteiger partial charge in [-0.15, -0.1) is 0 Å². The first-order valence-corrected chi connectivity index (χ1v) is 19.1. The van der Waals surface area contributed by atoms with Gasteiger partial charge in [-0.25, -0.2) is 0 Å². The van der Waals surface area contributed by atoms with E-state index in [4.69, 9.17) is 15.2 Å². The lowest BCUT2D eigenvalue weighted by Gasteiger charge is -2.17. The summed E-state index contributed by atoms with van der Waals surface area (Å²) in [7, 11) is 0. The Hall–Kier alpha value is -3.56. The third-order valence-corrected chi connectivity index (χ3v) is 10.1. The van der Waals surface area contributed by atoms with Crippen molar-refractivity contribution in [3.05, 3.63) is 65.4 Å². The standard InChI is InChI=1S/C41H58N2O7/c1-4-5-6-7-8-9-10-11-12-13-14-15-16-17-18-19-22-25-49-27-29(3)50-26-28(2)43-40(47)33-35(41(43)48)39(46)34-32(36(33)42)37(44)30-23-20-21-24-31(30)38(34)45/h20-21,23-24,28-29,46H,4-19,22,25-27,42H2,1-3H3. The first-order chi connectivity index (χ1) is 24.2. The second-order valence-corrected chi connectivity index (χ2v) is 14.2. The van der Waals surface area contributed by atoms with E-state index in [1.165, 1.54) is 108 Å². The minimum Gasteiger partial charge on any atom is -0.506 e. The number of ether oxygens (including phenoxy) is 2. The zero-order valence-corrected chi connectivity index (χ0v) is 30.5. The van der Waals surface area contributed by atoms with Crippen molar-refractivity contribution in [2.45, 2.75) is 142 Å². The summed E-state index contributed by atoms with van der Waals surface area (Å²) in [6, 6.07) is 5.49. The summed E-state index contributed by atoms with van der Waals surface area (Å²) in [6.07, 6.45) is 22.3. The molecule has 2 unspecified atom stereocenters. The highest BCUT2D eigenvalue weighted by molar-refractivity contribution is 6.17. The normalized spacial score (nSPS) is 13.2. The molecule has 9 heteroatoms.